The Labute approximate surface area is 76.3 Å². The van der Waals surface area contributed by atoms with E-state index in [1.54, 1.807) is 23.3 Å². The molecule has 0 radical (unpaired) electrons. The third-order valence-electron chi connectivity index (χ3n) is 1.74. The first-order valence-electron chi connectivity index (χ1n) is 4.03. The van der Waals surface area contributed by atoms with Gasteiger partial charge in [-0.2, -0.15) is 5.10 Å². The summed E-state index contributed by atoms with van der Waals surface area (Å²) in [6.45, 7) is 1.97. The fourth-order valence-corrected chi connectivity index (χ4v) is 1.08. The number of hydrogen-bond acceptors (Lipinski definition) is 3. The standard InChI is InChI=1S/C9H10N4/c1-7-3-10-9(11-4-7)8-5-12-13(2)6-8/h3-6H,1-2H3. The van der Waals surface area contributed by atoms with E-state index in [2.05, 4.69) is 15.1 Å². The lowest BCUT2D eigenvalue weighted by Gasteiger charge is -1.94. The van der Waals surface area contributed by atoms with Crippen LogP contribution in [0.15, 0.2) is 24.8 Å². The summed E-state index contributed by atoms with van der Waals surface area (Å²) in [4.78, 5) is 8.39. The van der Waals surface area contributed by atoms with Crippen LogP contribution in [0.25, 0.3) is 11.4 Å². The topological polar surface area (TPSA) is 43.6 Å². The quantitative estimate of drug-likeness (QED) is 0.652. The molecular weight excluding hydrogens is 164 g/mol. The van der Waals surface area contributed by atoms with Crippen molar-refractivity contribution >= 4 is 0 Å². The third kappa shape index (κ3) is 1.56. The minimum atomic E-state index is 0.721. The molecule has 0 saturated carbocycles. The smallest absolute Gasteiger partial charge is 0.162 e. The predicted octanol–water partition coefficient (Wildman–Crippen LogP) is 1.19. The second-order valence-electron chi connectivity index (χ2n) is 2.99. The molecule has 0 N–H and O–H groups in total. The Balaban J connectivity index is 2.41. The molecule has 2 aromatic heterocycles. The molecule has 0 fully saturated rings. The lowest BCUT2D eigenvalue weighted by atomic mass is 10.3. The average Bonchev–Trinajstić information content (AvgIpc) is 2.53. The van der Waals surface area contributed by atoms with Crippen molar-refractivity contribution in [2.24, 2.45) is 7.05 Å². The third-order valence-corrected chi connectivity index (χ3v) is 1.74. The first-order chi connectivity index (χ1) is 6.25. The lowest BCUT2D eigenvalue weighted by molar-refractivity contribution is 0.768. The van der Waals surface area contributed by atoms with Crippen molar-refractivity contribution in [3.05, 3.63) is 30.4 Å². The van der Waals surface area contributed by atoms with Crippen LogP contribution < -0.4 is 0 Å². The van der Waals surface area contributed by atoms with Crippen LogP contribution in [-0.4, -0.2) is 19.7 Å². The van der Waals surface area contributed by atoms with Crippen molar-refractivity contribution < 1.29 is 0 Å². The number of rotatable bonds is 1. The molecule has 0 bridgehead atoms. The van der Waals surface area contributed by atoms with Crippen molar-refractivity contribution in [1.82, 2.24) is 19.7 Å². The van der Waals surface area contributed by atoms with Crippen molar-refractivity contribution in [2.45, 2.75) is 6.92 Å². The molecule has 0 amide bonds. The maximum atomic E-state index is 4.20. The molecule has 0 aliphatic rings. The van der Waals surface area contributed by atoms with Crippen LogP contribution in [0.1, 0.15) is 5.56 Å². The largest absolute Gasteiger partial charge is 0.275 e. The van der Waals surface area contributed by atoms with Crippen molar-refractivity contribution in [3.63, 3.8) is 0 Å². The zero-order chi connectivity index (χ0) is 9.26. The summed E-state index contributed by atoms with van der Waals surface area (Å²) in [7, 11) is 1.87. The second-order valence-corrected chi connectivity index (χ2v) is 2.99. The van der Waals surface area contributed by atoms with Crippen LogP contribution in [0.2, 0.25) is 0 Å². The minimum absolute atomic E-state index is 0.721. The molecule has 66 valence electrons. The first-order valence-corrected chi connectivity index (χ1v) is 4.03. The van der Waals surface area contributed by atoms with Crippen LogP contribution in [0.3, 0.4) is 0 Å². The zero-order valence-corrected chi connectivity index (χ0v) is 7.60. The molecule has 2 rings (SSSR count). The van der Waals surface area contributed by atoms with Gasteiger partial charge in [0.15, 0.2) is 5.82 Å². The van der Waals surface area contributed by atoms with E-state index in [-0.39, 0.29) is 0 Å². The summed E-state index contributed by atoms with van der Waals surface area (Å²) >= 11 is 0. The van der Waals surface area contributed by atoms with Gasteiger partial charge in [-0.25, -0.2) is 9.97 Å². The van der Waals surface area contributed by atoms with Gasteiger partial charge in [0, 0.05) is 25.6 Å². The fourth-order valence-electron chi connectivity index (χ4n) is 1.08. The molecular formula is C9H10N4. The lowest BCUT2D eigenvalue weighted by Crippen LogP contribution is -1.88. The van der Waals surface area contributed by atoms with Crippen molar-refractivity contribution in [2.75, 3.05) is 0 Å². The number of aromatic nitrogens is 4. The van der Waals surface area contributed by atoms with Gasteiger partial charge in [0.1, 0.15) is 0 Å². The van der Waals surface area contributed by atoms with Gasteiger partial charge in [0.25, 0.3) is 0 Å². The van der Waals surface area contributed by atoms with Gasteiger partial charge in [-0.05, 0) is 12.5 Å². The summed E-state index contributed by atoms with van der Waals surface area (Å²) in [6.07, 6.45) is 7.25. The van der Waals surface area contributed by atoms with Gasteiger partial charge in [-0.1, -0.05) is 0 Å². The van der Waals surface area contributed by atoms with E-state index >= 15 is 0 Å². The van der Waals surface area contributed by atoms with Gasteiger partial charge >= 0.3 is 0 Å². The summed E-state index contributed by atoms with van der Waals surface area (Å²) in [5, 5.41) is 4.05. The van der Waals surface area contributed by atoms with E-state index in [1.165, 1.54) is 0 Å². The van der Waals surface area contributed by atoms with E-state index in [9.17, 15) is 0 Å². The SMILES string of the molecule is Cc1cnc(-c2cnn(C)c2)nc1. The highest BCUT2D eigenvalue weighted by molar-refractivity contribution is 5.51. The molecule has 0 aromatic carbocycles. The van der Waals surface area contributed by atoms with Gasteiger partial charge in [-0.3, -0.25) is 4.68 Å². The molecule has 0 unspecified atom stereocenters. The van der Waals surface area contributed by atoms with Gasteiger partial charge in [0.05, 0.1) is 11.8 Å². The maximum Gasteiger partial charge on any atom is 0.162 e. The predicted molar refractivity (Wildman–Crippen MR) is 49.0 cm³/mol. The maximum absolute atomic E-state index is 4.20. The summed E-state index contributed by atoms with van der Waals surface area (Å²) in [5.41, 5.74) is 2.01. The Morgan fingerprint density at radius 2 is 1.85 bits per heavy atom. The zero-order valence-electron chi connectivity index (χ0n) is 7.60. The van der Waals surface area contributed by atoms with Crippen LogP contribution in [0.5, 0.6) is 0 Å². The van der Waals surface area contributed by atoms with Crippen LogP contribution in [0, 0.1) is 6.92 Å². The van der Waals surface area contributed by atoms with E-state index < -0.39 is 0 Å². The van der Waals surface area contributed by atoms with E-state index in [0.29, 0.717) is 0 Å². The number of aryl methyl sites for hydroxylation is 2. The van der Waals surface area contributed by atoms with Crippen LogP contribution in [0.4, 0.5) is 0 Å². The van der Waals surface area contributed by atoms with Crippen molar-refractivity contribution in [1.29, 1.82) is 0 Å². The Kier molecular flexibility index (Phi) is 1.81. The average molecular weight is 174 g/mol. The molecule has 0 aliphatic heterocycles. The molecule has 4 heteroatoms. The minimum Gasteiger partial charge on any atom is -0.275 e. The van der Waals surface area contributed by atoms with Crippen LogP contribution >= 0.6 is 0 Å². The fraction of sp³-hybridized carbons (Fsp3) is 0.222. The van der Waals surface area contributed by atoms with E-state index in [0.717, 1.165) is 17.0 Å². The highest BCUT2D eigenvalue weighted by atomic mass is 15.2. The Morgan fingerprint density at radius 1 is 1.15 bits per heavy atom. The molecule has 0 spiro atoms. The molecule has 0 aliphatic carbocycles. The summed E-state index contributed by atoms with van der Waals surface area (Å²) in [5.74, 6) is 0.721. The molecule has 4 nitrogen and oxygen atoms in total. The van der Waals surface area contributed by atoms with E-state index in [1.807, 2.05) is 20.2 Å². The summed E-state index contributed by atoms with van der Waals surface area (Å²) < 4.78 is 1.73. The Morgan fingerprint density at radius 3 is 2.38 bits per heavy atom. The monoisotopic (exact) mass is 174 g/mol. The van der Waals surface area contributed by atoms with E-state index in [4.69, 9.17) is 0 Å². The summed E-state index contributed by atoms with van der Waals surface area (Å²) in [6, 6.07) is 0. The highest BCUT2D eigenvalue weighted by Gasteiger charge is 2.01. The van der Waals surface area contributed by atoms with Gasteiger partial charge < -0.3 is 0 Å². The Hall–Kier alpha value is -1.71. The molecule has 2 heterocycles. The molecule has 13 heavy (non-hydrogen) atoms. The molecule has 0 saturated heterocycles. The van der Waals surface area contributed by atoms with Crippen LogP contribution in [-0.2, 0) is 7.05 Å². The van der Waals surface area contributed by atoms with Gasteiger partial charge in [-0.15, -0.1) is 0 Å². The van der Waals surface area contributed by atoms with Gasteiger partial charge in [0.2, 0.25) is 0 Å². The molecule has 0 atom stereocenters. The molecule has 2 aromatic rings. The first kappa shape index (κ1) is 7.91. The Bertz CT molecular complexity index is 402. The second kappa shape index (κ2) is 2.97. The highest BCUT2D eigenvalue weighted by Crippen LogP contribution is 2.11. The number of hydrogen-bond donors (Lipinski definition) is 0. The van der Waals surface area contributed by atoms with Crippen molar-refractivity contribution in [3.8, 4) is 11.4 Å². The number of nitrogens with zero attached hydrogens (tertiary/aromatic N) is 4. The normalized spacial score (nSPS) is 10.3.